The number of rotatable bonds is 7. The van der Waals surface area contributed by atoms with E-state index in [2.05, 4.69) is 13.8 Å². The molecular formula is C10H23NO2S. The lowest BCUT2D eigenvalue weighted by molar-refractivity contribution is 0.380. The van der Waals surface area contributed by atoms with Gasteiger partial charge in [0.15, 0.2) is 0 Å². The average molecular weight is 221 g/mol. The van der Waals surface area contributed by atoms with Crippen LogP contribution in [0.1, 0.15) is 40.5 Å². The molecule has 0 amide bonds. The summed E-state index contributed by atoms with van der Waals surface area (Å²) in [5, 5.41) is 0. The van der Waals surface area contributed by atoms with Gasteiger partial charge in [0.1, 0.15) is 0 Å². The Morgan fingerprint density at radius 2 is 1.71 bits per heavy atom. The van der Waals surface area contributed by atoms with Gasteiger partial charge in [0, 0.05) is 13.1 Å². The topological polar surface area (TPSA) is 37.4 Å². The minimum Gasteiger partial charge on any atom is -0.212 e. The van der Waals surface area contributed by atoms with Crippen LogP contribution in [0, 0.1) is 5.92 Å². The summed E-state index contributed by atoms with van der Waals surface area (Å²) >= 11 is 0. The van der Waals surface area contributed by atoms with Crippen LogP contribution in [-0.4, -0.2) is 31.6 Å². The first-order valence-corrected chi connectivity index (χ1v) is 7.02. The van der Waals surface area contributed by atoms with Crippen molar-refractivity contribution in [2.75, 3.05) is 18.8 Å². The third kappa shape index (κ3) is 4.96. The van der Waals surface area contributed by atoms with Crippen molar-refractivity contribution in [1.82, 2.24) is 4.31 Å². The number of hydrogen-bond donors (Lipinski definition) is 0. The van der Waals surface area contributed by atoms with Crippen LogP contribution in [0.2, 0.25) is 0 Å². The fourth-order valence-corrected chi connectivity index (χ4v) is 2.43. The highest BCUT2D eigenvalue weighted by atomic mass is 32.2. The van der Waals surface area contributed by atoms with Gasteiger partial charge in [-0.15, -0.1) is 0 Å². The Labute approximate surface area is 88.5 Å². The summed E-state index contributed by atoms with van der Waals surface area (Å²) in [4.78, 5) is 0. The fraction of sp³-hybridized carbons (Fsp3) is 1.00. The van der Waals surface area contributed by atoms with Gasteiger partial charge in [-0.05, 0) is 25.7 Å². The molecule has 0 saturated carbocycles. The molecule has 0 radical (unpaired) electrons. The average Bonchev–Trinajstić information content (AvgIpc) is 2.11. The normalized spacial score (nSPS) is 12.7. The molecule has 0 spiro atoms. The van der Waals surface area contributed by atoms with E-state index in [1.54, 1.807) is 11.2 Å². The Kier molecular flexibility index (Phi) is 6.36. The van der Waals surface area contributed by atoms with Gasteiger partial charge in [0.25, 0.3) is 0 Å². The van der Waals surface area contributed by atoms with Crippen LogP contribution in [0.3, 0.4) is 0 Å². The second-order valence-corrected chi connectivity index (χ2v) is 6.24. The van der Waals surface area contributed by atoms with E-state index in [-0.39, 0.29) is 5.75 Å². The van der Waals surface area contributed by atoms with Crippen LogP contribution in [0.5, 0.6) is 0 Å². The zero-order valence-corrected chi connectivity index (χ0v) is 10.6. The molecule has 0 atom stereocenters. The van der Waals surface area contributed by atoms with Crippen LogP contribution >= 0.6 is 0 Å². The Hall–Kier alpha value is -0.0900. The fourth-order valence-electron chi connectivity index (χ4n) is 1.22. The Morgan fingerprint density at radius 1 is 1.14 bits per heavy atom. The maximum Gasteiger partial charge on any atom is 0.213 e. The minimum atomic E-state index is -2.98. The highest BCUT2D eigenvalue weighted by molar-refractivity contribution is 7.89. The molecule has 0 saturated heterocycles. The molecule has 14 heavy (non-hydrogen) atoms. The Balaban J connectivity index is 4.29. The second-order valence-electron chi connectivity index (χ2n) is 3.98. The highest BCUT2D eigenvalue weighted by Crippen LogP contribution is 2.08. The van der Waals surface area contributed by atoms with Gasteiger partial charge in [-0.1, -0.05) is 20.8 Å². The molecule has 4 heteroatoms. The lowest BCUT2D eigenvalue weighted by Crippen LogP contribution is -2.34. The Bertz CT molecular complexity index is 235. The van der Waals surface area contributed by atoms with Gasteiger partial charge in [-0.3, -0.25) is 0 Å². The van der Waals surface area contributed by atoms with Crippen molar-refractivity contribution in [3.05, 3.63) is 0 Å². The molecule has 0 aromatic carbocycles. The van der Waals surface area contributed by atoms with Gasteiger partial charge in [0.2, 0.25) is 10.0 Å². The van der Waals surface area contributed by atoms with Crippen molar-refractivity contribution < 1.29 is 8.42 Å². The van der Waals surface area contributed by atoms with E-state index < -0.39 is 10.0 Å². The zero-order chi connectivity index (χ0) is 11.2. The number of sulfonamides is 1. The number of hydrogen-bond acceptors (Lipinski definition) is 2. The van der Waals surface area contributed by atoms with Crippen LogP contribution in [0.15, 0.2) is 0 Å². The minimum absolute atomic E-state index is 0.213. The van der Waals surface area contributed by atoms with Gasteiger partial charge in [0.05, 0.1) is 5.75 Å². The predicted molar refractivity (Wildman–Crippen MR) is 60.8 cm³/mol. The Morgan fingerprint density at radius 3 is 2.07 bits per heavy atom. The van der Waals surface area contributed by atoms with Crippen molar-refractivity contribution >= 4 is 10.0 Å². The first kappa shape index (κ1) is 13.9. The van der Waals surface area contributed by atoms with E-state index in [9.17, 15) is 8.42 Å². The standard InChI is InChI=1S/C10H23NO2S/c1-5-8-11(9-7-10(3)4)14(12,13)6-2/h10H,5-9H2,1-4H3. The molecule has 3 nitrogen and oxygen atoms in total. The summed E-state index contributed by atoms with van der Waals surface area (Å²) < 4.78 is 24.9. The maximum atomic E-state index is 11.6. The van der Waals surface area contributed by atoms with E-state index in [1.807, 2.05) is 6.92 Å². The van der Waals surface area contributed by atoms with Gasteiger partial charge < -0.3 is 0 Å². The van der Waals surface area contributed by atoms with Gasteiger partial charge in [-0.2, -0.15) is 0 Å². The van der Waals surface area contributed by atoms with Gasteiger partial charge in [-0.25, -0.2) is 12.7 Å². The maximum absolute atomic E-state index is 11.6. The molecule has 0 unspecified atom stereocenters. The molecule has 0 heterocycles. The second kappa shape index (κ2) is 6.40. The van der Waals surface area contributed by atoms with E-state index in [0.717, 1.165) is 12.8 Å². The molecule has 0 aromatic rings. The van der Waals surface area contributed by atoms with Crippen LogP contribution in [0.25, 0.3) is 0 Å². The van der Waals surface area contributed by atoms with Crippen molar-refractivity contribution in [2.24, 2.45) is 5.92 Å². The van der Waals surface area contributed by atoms with Crippen LogP contribution < -0.4 is 0 Å². The SMILES string of the molecule is CCCN(CCC(C)C)S(=O)(=O)CC. The van der Waals surface area contributed by atoms with E-state index in [1.165, 1.54) is 0 Å². The molecule has 0 bridgehead atoms. The third-order valence-corrected chi connectivity index (χ3v) is 4.07. The summed E-state index contributed by atoms with van der Waals surface area (Å²) in [6, 6.07) is 0. The first-order chi connectivity index (χ1) is 6.44. The lowest BCUT2D eigenvalue weighted by atomic mass is 10.1. The molecule has 0 fully saturated rings. The van der Waals surface area contributed by atoms with E-state index in [0.29, 0.717) is 19.0 Å². The van der Waals surface area contributed by atoms with Crippen molar-refractivity contribution in [3.63, 3.8) is 0 Å². The smallest absolute Gasteiger partial charge is 0.212 e. The summed E-state index contributed by atoms with van der Waals surface area (Å²) in [5.74, 6) is 0.770. The summed E-state index contributed by atoms with van der Waals surface area (Å²) in [7, 11) is -2.98. The quantitative estimate of drug-likeness (QED) is 0.660. The zero-order valence-electron chi connectivity index (χ0n) is 9.78. The van der Waals surface area contributed by atoms with Crippen molar-refractivity contribution in [1.29, 1.82) is 0 Å². The molecule has 0 aliphatic rings. The monoisotopic (exact) mass is 221 g/mol. The highest BCUT2D eigenvalue weighted by Gasteiger charge is 2.18. The van der Waals surface area contributed by atoms with Crippen LogP contribution in [-0.2, 0) is 10.0 Å². The summed E-state index contributed by atoms with van der Waals surface area (Å²) in [6.45, 7) is 9.26. The number of nitrogens with zero attached hydrogens (tertiary/aromatic N) is 1. The molecule has 0 rings (SSSR count). The van der Waals surface area contributed by atoms with E-state index >= 15 is 0 Å². The largest absolute Gasteiger partial charge is 0.213 e. The molecule has 0 N–H and O–H groups in total. The molecule has 86 valence electrons. The summed E-state index contributed by atoms with van der Waals surface area (Å²) in [6.07, 6.45) is 1.83. The predicted octanol–water partition coefficient (Wildman–Crippen LogP) is 2.09. The molecule has 0 aromatic heterocycles. The van der Waals surface area contributed by atoms with Crippen molar-refractivity contribution in [2.45, 2.75) is 40.5 Å². The van der Waals surface area contributed by atoms with Crippen molar-refractivity contribution in [3.8, 4) is 0 Å². The first-order valence-electron chi connectivity index (χ1n) is 5.41. The lowest BCUT2D eigenvalue weighted by Gasteiger charge is -2.21. The molecule has 0 aliphatic carbocycles. The molecule has 0 aliphatic heterocycles. The van der Waals surface area contributed by atoms with E-state index in [4.69, 9.17) is 0 Å². The third-order valence-electron chi connectivity index (χ3n) is 2.19. The molecular weight excluding hydrogens is 198 g/mol. The van der Waals surface area contributed by atoms with Crippen LogP contribution in [0.4, 0.5) is 0 Å². The summed E-state index contributed by atoms with van der Waals surface area (Å²) in [5.41, 5.74) is 0. The van der Waals surface area contributed by atoms with Gasteiger partial charge >= 0.3 is 0 Å².